The number of benzene rings is 3. The lowest BCUT2D eigenvalue weighted by Crippen LogP contribution is -2.60. The first kappa shape index (κ1) is 28.5. The van der Waals surface area contributed by atoms with Crippen molar-refractivity contribution in [3.8, 4) is 0 Å². The quantitative estimate of drug-likeness (QED) is 0.342. The molecule has 1 spiro atoms. The Hall–Kier alpha value is -5.26. The van der Waals surface area contributed by atoms with Crippen molar-refractivity contribution in [1.29, 1.82) is 0 Å². The second kappa shape index (κ2) is 10.1. The summed E-state index contributed by atoms with van der Waals surface area (Å²) >= 11 is 0. The second-order valence-electron chi connectivity index (χ2n) is 11.3. The summed E-state index contributed by atoms with van der Waals surface area (Å²) in [5.41, 5.74) is 0.518. The van der Waals surface area contributed by atoms with Gasteiger partial charge in [0.15, 0.2) is 5.54 Å². The van der Waals surface area contributed by atoms with Crippen LogP contribution >= 0.6 is 0 Å². The van der Waals surface area contributed by atoms with Crippen molar-refractivity contribution in [3.63, 3.8) is 0 Å². The molecule has 7 rings (SSSR count). The molecule has 1 atom stereocenters. The van der Waals surface area contributed by atoms with E-state index >= 15 is 0 Å². The second-order valence-corrected chi connectivity index (χ2v) is 11.3. The first-order valence-electron chi connectivity index (χ1n) is 14.0. The normalized spacial score (nSPS) is 19.6. The highest BCUT2D eigenvalue weighted by molar-refractivity contribution is 5.99. The number of nitrogens with one attached hydrogen (secondary N) is 2. The Morgan fingerprint density at radius 3 is 2.60 bits per heavy atom. The highest BCUT2D eigenvalue weighted by atomic mass is 19.4. The minimum absolute atomic E-state index is 0.302. The summed E-state index contributed by atoms with van der Waals surface area (Å²) in [5, 5.41) is 6.72. The van der Waals surface area contributed by atoms with Gasteiger partial charge in [0.25, 0.3) is 5.91 Å². The molecule has 2 bridgehead atoms. The van der Waals surface area contributed by atoms with Gasteiger partial charge in [-0.15, -0.1) is 0 Å². The van der Waals surface area contributed by atoms with Gasteiger partial charge in [0, 0.05) is 60.3 Å². The molecule has 45 heavy (non-hydrogen) atoms. The summed E-state index contributed by atoms with van der Waals surface area (Å²) in [4.78, 5) is 35.5. The van der Waals surface area contributed by atoms with Gasteiger partial charge in [-0.1, -0.05) is 0 Å². The SMILES string of the molecule is CN1C=Cc2c(NC(=O)Cc3cc(F)ccc3C(F)(F)F)cc3c(c2=C1)=NC12C=C(CNC1=O)CN(c1ccc(F)cc1)C2=C3. The van der Waals surface area contributed by atoms with Crippen LogP contribution in [0.25, 0.3) is 18.4 Å². The van der Waals surface area contributed by atoms with Crippen LogP contribution < -0.4 is 26.1 Å². The Morgan fingerprint density at radius 2 is 1.84 bits per heavy atom. The van der Waals surface area contributed by atoms with Crippen LogP contribution in [-0.2, 0) is 22.2 Å². The Bertz CT molecular complexity index is 2020. The summed E-state index contributed by atoms with van der Waals surface area (Å²) in [6.45, 7) is 0.766. The minimum atomic E-state index is -4.77. The van der Waals surface area contributed by atoms with Gasteiger partial charge >= 0.3 is 6.18 Å². The zero-order valence-corrected chi connectivity index (χ0v) is 23.7. The number of hydrogen-bond acceptors (Lipinski definition) is 5. The van der Waals surface area contributed by atoms with Crippen LogP contribution in [0.2, 0.25) is 0 Å². The fraction of sp³-hybridized carbons (Fsp3) is 0.182. The number of carbonyl (C=O) groups is 2. The fourth-order valence-corrected chi connectivity index (χ4v) is 6.20. The number of nitrogens with zero attached hydrogens (tertiary/aromatic N) is 3. The molecule has 228 valence electrons. The molecule has 4 heterocycles. The molecule has 7 nitrogen and oxygen atoms in total. The molecule has 0 aromatic heterocycles. The average molecular weight is 618 g/mol. The van der Waals surface area contributed by atoms with E-state index in [1.807, 2.05) is 11.0 Å². The lowest BCUT2D eigenvalue weighted by atomic mass is 9.81. The highest BCUT2D eigenvalue weighted by Gasteiger charge is 2.49. The van der Waals surface area contributed by atoms with Crippen LogP contribution in [-0.4, -0.2) is 42.4 Å². The van der Waals surface area contributed by atoms with Crippen molar-refractivity contribution in [2.24, 2.45) is 4.99 Å². The van der Waals surface area contributed by atoms with E-state index in [1.54, 1.807) is 54.7 Å². The Morgan fingerprint density at radius 1 is 1.09 bits per heavy atom. The molecule has 3 aromatic rings. The lowest BCUT2D eigenvalue weighted by molar-refractivity contribution is -0.138. The molecule has 0 aliphatic carbocycles. The Labute approximate surface area is 253 Å². The molecule has 0 saturated carbocycles. The van der Waals surface area contributed by atoms with Gasteiger partial charge in [0.2, 0.25) is 5.91 Å². The zero-order chi connectivity index (χ0) is 31.7. The van der Waals surface area contributed by atoms with Crippen molar-refractivity contribution in [2.45, 2.75) is 18.1 Å². The molecular formula is C33H24F5N5O2. The van der Waals surface area contributed by atoms with Crippen molar-refractivity contribution in [3.05, 3.63) is 117 Å². The minimum Gasteiger partial charge on any atom is -0.357 e. The average Bonchev–Trinajstić information content (AvgIpc) is 2.98. The molecule has 0 radical (unpaired) electrons. The van der Waals surface area contributed by atoms with Crippen LogP contribution in [0, 0.1) is 11.6 Å². The standard InChI is InChI=1S/C33H24F5N5O2/c1-42-9-8-24-25(17-42)30-20(11-27(24)40-29(44)13-19-10-22(35)4-7-26(19)33(36,37)38)12-28-32(41-30)14-18(15-39-31(32)45)16-43(28)23-5-2-21(34)3-6-23/h2-12,14,17H,13,15-16H2,1H3,(H,39,45)(H,40,44). The molecule has 2 amide bonds. The maximum absolute atomic E-state index is 13.9. The molecule has 4 aliphatic heterocycles. The maximum Gasteiger partial charge on any atom is 0.416 e. The molecule has 4 aliphatic rings. The van der Waals surface area contributed by atoms with E-state index in [0.717, 1.165) is 5.57 Å². The van der Waals surface area contributed by atoms with E-state index in [9.17, 15) is 31.5 Å². The lowest BCUT2D eigenvalue weighted by Gasteiger charge is -2.45. The van der Waals surface area contributed by atoms with Gasteiger partial charge in [-0.25, -0.2) is 8.78 Å². The summed E-state index contributed by atoms with van der Waals surface area (Å²) in [6, 6.07) is 9.58. The van der Waals surface area contributed by atoms with Gasteiger partial charge < -0.3 is 20.4 Å². The Kier molecular flexibility index (Phi) is 6.43. The van der Waals surface area contributed by atoms with Crippen LogP contribution in [0.4, 0.5) is 33.3 Å². The monoisotopic (exact) mass is 617 g/mol. The number of anilines is 2. The number of halogens is 5. The van der Waals surface area contributed by atoms with Crippen LogP contribution in [0.3, 0.4) is 0 Å². The van der Waals surface area contributed by atoms with Crippen molar-refractivity contribution in [1.82, 2.24) is 10.2 Å². The number of amides is 2. The molecule has 0 fully saturated rings. The van der Waals surface area contributed by atoms with Gasteiger partial charge in [-0.2, -0.15) is 13.2 Å². The molecule has 2 N–H and O–H groups in total. The molecular weight excluding hydrogens is 593 g/mol. The summed E-state index contributed by atoms with van der Waals surface area (Å²) < 4.78 is 68.5. The third-order valence-corrected chi connectivity index (χ3v) is 8.21. The molecule has 1 unspecified atom stereocenters. The Balaban J connectivity index is 1.36. The van der Waals surface area contributed by atoms with Crippen LogP contribution in [0.15, 0.2) is 77.1 Å². The first-order valence-corrected chi connectivity index (χ1v) is 14.0. The molecule has 0 saturated heterocycles. The first-order chi connectivity index (χ1) is 21.4. The van der Waals surface area contributed by atoms with Gasteiger partial charge in [-0.3, -0.25) is 14.6 Å². The predicted octanol–water partition coefficient (Wildman–Crippen LogP) is 4.11. The van der Waals surface area contributed by atoms with E-state index in [1.165, 1.54) is 12.1 Å². The van der Waals surface area contributed by atoms with E-state index in [2.05, 4.69) is 10.6 Å². The fourth-order valence-electron chi connectivity index (χ4n) is 6.20. The summed E-state index contributed by atoms with van der Waals surface area (Å²) in [5.74, 6) is -2.39. The largest absolute Gasteiger partial charge is 0.416 e. The molecule has 12 heteroatoms. The van der Waals surface area contributed by atoms with E-state index in [-0.39, 0.29) is 5.91 Å². The maximum atomic E-state index is 13.9. The highest BCUT2D eigenvalue weighted by Crippen LogP contribution is 2.41. The summed E-state index contributed by atoms with van der Waals surface area (Å²) in [6.07, 6.45) is 3.41. The third kappa shape index (κ3) is 4.86. The van der Waals surface area contributed by atoms with Crippen molar-refractivity contribution in [2.75, 3.05) is 30.4 Å². The summed E-state index contributed by atoms with van der Waals surface area (Å²) in [7, 11) is 1.80. The van der Waals surface area contributed by atoms with Crippen LogP contribution in [0.5, 0.6) is 0 Å². The van der Waals surface area contributed by atoms with Crippen molar-refractivity contribution < 1.29 is 31.5 Å². The number of carbonyl (C=O) groups excluding carboxylic acids is 2. The predicted molar refractivity (Wildman–Crippen MR) is 158 cm³/mol. The van der Waals surface area contributed by atoms with Gasteiger partial charge in [0.05, 0.1) is 23.0 Å². The van der Waals surface area contributed by atoms with Crippen molar-refractivity contribution >= 4 is 41.5 Å². The topological polar surface area (TPSA) is 77.0 Å². The smallest absolute Gasteiger partial charge is 0.357 e. The number of hydrogen-bond donors (Lipinski definition) is 2. The number of fused-ring (bicyclic) bond motifs is 3. The van der Waals surface area contributed by atoms with E-state index in [4.69, 9.17) is 4.99 Å². The zero-order valence-electron chi connectivity index (χ0n) is 23.7. The van der Waals surface area contributed by atoms with Gasteiger partial charge in [0.1, 0.15) is 11.6 Å². The van der Waals surface area contributed by atoms with E-state index in [0.29, 0.717) is 70.1 Å². The third-order valence-electron chi connectivity index (χ3n) is 8.21. The number of alkyl halides is 3. The molecule has 3 aromatic carbocycles. The number of rotatable bonds is 4. The van der Waals surface area contributed by atoms with Crippen LogP contribution in [0.1, 0.15) is 22.3 Å². The van der Waals surface area contributed by atoms with E-state index < -0.39 is 46.8 Å². The van der Waals surface area contributed by atoms with Gasteiger partial charge in [-0.05, 0) is 77.9 Å².